The Bertz CT molecular complexity index is 970. The second-order valence-corrected chi connectivity index (χ2v) is 10.1. The number of carbonyl (C=O) groups is 4. The van der Waals surface area contributed by atoms with E-state index in [0.29, 0.717) is 24.0 Å². The highest BCUT2D eigenvalue weighted by molar-refractivity contribution is 6.14. The molecule has 2 heterocycles. The monoisotopic (exact) mass is 446 g/mol. The molecule has 0 radical (unpaired) electrons. The van der Waals surface area contributed by atoms with Gasteiger partial charge >= 0.3 is 17.9 Å². The fourth-order valence-electron chi connectivity index (χ4n) is 6.38. The van der Waals surface area contributed by atoms with Crippen LogP contribution in [-0.2, 0) is 33.4 Å². The molecule has 5 rings (SSSR count). The summed E-state index contributed by atoms with van der Waals surface area (Å²) in [4.78, 5) is 50.2. The number of hydrogen-bond acceptors (Lipinski definition) is 8. The summed E-state index contributed by atoms with van der Waals surface area (Å²) < 4.78 is 16.2. The van der Waals surface area contributed by atoms with Crippen LogP contribution in [0.15, 0.2) is 22.5 Å². The van der Waals surface area contributed by atoms with Gasteiger partial charge in [-0.15, -0.1) is 0 Å². The van der Waals surface area contributed by atoms with Crippen molar-refractivity contribution in [3.05, 3.63) is 22.5 Å². The highest BCUT2D eigenvalue weighted by Crippen LogP contribution is 2.65. The Morgan fingerprint density at radius 1 is 1.19 bits per heavy atom. The quantitative estimate of drug-likeness (QED) is 0.517. The van der Waals surface area contributed by atoms with Gasteiger partial charge in [0.1, 0.15) is 18.0 Å². The van der Waals surface area contributed by atoms with E-state index in [1.54, 1.807) is 6.92 Å². The number of ketones is 1. The van der Waals surface area contributed by atoms with E-state index < -0.39 is 47.2 Å². The van der Waals surface area contributed by atoms with Crippen molar-refractivity contribution in [2.75, 3.05) is 6.61 Å². The van der Waals surface area contributed by atoms with Gasteiger partial charge in [0.2, 0.25) is 0 Å². The molecule has 0 aromatic heterocycles. The van der Waals surface area contributed by atoms with E-state index in [0.717, 1.165) is 12.8 Å². The van der Waals surface area contributed by atoms with Crippen molar-refractivity contribution in [3.8, 4) is 0 Å². The molecular formula is C24H30O8. The highest BCUT2D eigenvalue weighted by Gasteiger charge is 2.68. The van der Waals surface area contributed by atoms with Crippen molar-refractivity contribution < 1.29 is 38.5 Å². The van der Waals surface area contributed by atoms with Crippen LogP contribution >= 0.6 is 0 Å². The van der Waals surface area contributed by atoms with E-state index >= 15 is 0 Å². The number of rotatable bonds is 4. The van der Waals surface area contributed by atoms with Gasteiger partial charge in [0, 0.05) is 30.9 Å². The Kier molecular flexibility index (Phi) is 5.35. The van der Waals surface area contributed by atoms with E-state index in [-0.39, 0.29) is 29.3 Å². The third kappa shape index (κ3) is 3.14. The van der Waals surface area contributed by atoms with Gasteiger partial charge in [-0.25, -0.2) is 0 Å². The van der Waals surface area contributed by atoms with Gasteiger partial charge in [0.05, 0.1) is 12.0 Å². The molecule has 0 aromatic rings. The third-order valence-electron chi connectivity index (χ3n) is 7.65. The van der Waals surface area contributed by atoms with Gasteiger partial charge in [-0.2, -0.15) is 0 Å². The minimum absolute atomic E-state index is 0.0827. The zero-order valence-corrected chi connectivity index (χ0v) is 19.1. The second kappa shape index (κ2) is 7.54. The molecule has 2 bridgehead atoms. The van der Waals surface area contributed by atoms with Gasteiger partial charge < -0.3 is 19.3 Å². The fourth-order valence-corrected chi connectivity index (χ4v) is 6.38. The molecule has 3 aliphatic carbocycles. The van der Waals surface area contributed by atoms with Crippen LogP contribution in [0, 0.1) is 22.7 Å². The maximum Gasteiger partial charge on any atom is 0.317 e. The van der Waals surface area contributed by atoms with Crippen molar-refractivity contribution in [1.82, 2.24) is 0 Å². The van der Waals surface area contributed by atoms with E-state index in [2.05, 4.69) is 13.8 Å². The highest BCUT2D eigenvalue weighted by atomic mass is 16.6. The van der Waals surface area contributed by atoms with Crippen LogP contribution in [0.25, 0.3) is 0 Å². The standard InChI is InChI=1S/C24H30O8/c1-11(10-30-12(2)25)16-19(27)17-14-9-15-23(4,5)7-6-8-24(15,22(29)32-14)18(17)20(28)21(16)31-13(3)26/h11,14-15,20,28H,6-10H2,1-5H3/t11-,14-,15-,20?,24+/m0/s1. The van der Waals surface area contributed by atoms with Crippen LogP contribution < -0.4 is 0 Å². The lowest BCUT2D eigenvalue weighted by Gasteiger charge is -2.60. The smallest absolute Gasteiger partial charge is 0.317 e. The first-order valence-corrected chi connectivity index (χ1v) is 11.2. The van der Waals surface area contributed by atoms with Crippen molar-refractivity contribution in [1.29, 1.82) is 0 Å². The molecule has 1 spiro atoms. The molecule has 1 unspecified atom stereocenters. The molecule has 8 heteroatoms. The van der Waals surface area contributed by atoms with Crippen LogP contribution in [0.4, 0.5) is 0 Å². The predicted molar refractivity (Wildman–Crippen MR) is 111 cm³/mol. The first-order valence-electron chi connectivity index (χ1n) is 11.2. The molecule has 5 atom stereocenters. The number of fused-ring (bicyclic) bond motifs is 1. The van der Waals surface area contributed by atoms with Gasteiger partial charge in [0.15, 0.2) is 5.78 Å². The Morgan fingerprint density at radius 3 is 2.50 bits per heavy atom. The van der Waals surface area contributed by atoms with Gasteiger partial charge in [-0.1, -0.05) is 27.2 Å². The SMILES string of the molecule is CC(=O)OC[C@H](C)C1=C(OC(C)=O)C(O)C2=C(C1=O)[C@@H]1C[C@H]3C(C)(C)CCC[C@]23C(=O)O1. The summed E-state index contributed by atoms with van der Waals surface area (Å²) in [5.41, 5.74) is -0.569. The van der Waals surface area contributed by atoms with Crippen molar-refractivity contribution in [2.24, 2.45) is 22.7 Å². The zero-order valence-electron chi connectivity index (χ0n) is 19.1. The predicted octanol–water partition coefficient (Wildman–Crippen LogP) is 2.38. The first kappa shape index (κ1) is 22.7. The number of aliphatic hydroxyl groups is 1. The first-order chi connectivity index (χ1) is 14.9. The molecular weight excluding hydrogens is 416 g/mol. The van der Waals surface area contributed by atoms with Gasteiger partial charge in [-0.3, -0.25) is 19.2 Å². The average Bonchev–Trinajstić information content (AvgIpc) is 2.69. The summed E-state index contributed by atoms with van der Waals surface area (Å²) in [6.45, 7) is 8.22. The van der Waals surface area contributed by atoms with Crippen molar-refractivity contribution in [2.45, 2.75) is 72.5 Å². The lowest BCUT2D eigenvalue weighted by atomic mass is 9.46. The summed E-state index contributed by atoms with van der Waals surface area (Å²) in [6, 6.07) is 0. The minimum atomic E-state index is -1.42. The zero-order chi connectivity index (χ0) is 23.6. The van der Waals surface area contributed by atoms with Crippen molar-refractivity contribution in [3.63, 3.8) is 0 Å². The van der Waals surface area contributed by atoms with E-state index in [1.807, 2.05) is 0 Å². The summed E-state index contributed by atoms with van der Waals surface area (Å²) in [5.74, 6) is -2.90. The average molecular weight is 446 g/mol. The number of carbonyl (C=O) groups excluding carboxylic acids is 4. The molecule has 1 N–H and O–H groups in total. The lowest BCUT2D eigenvalue weighted by Crippen LogP contribution is -2.63. The van der Waals surface area contributed by atoms with Crippen LogP contribution in [0.5, 0.6) is 0 Å². The van der Waals surface area contributed by atoms with Crippen LogP contribution in [-0.4, -0.2) is 47.6 Å². The van der Waals surface area contributed by atoms with Crippen LogP contribution in [0.3, 0.4) is 0 Å². The van der Waals surface area contributed by atoms with Gasteiger partial charge in [-0.05, 0) is 36.2 Å². The molecule has 8 nitrogen and oxygen atoms in total. The second-order valence-electron chi connectivity index (χ2n) is 10.1. The number of hydrogen-bond donors (Lipinski definition) is 1. The van der Waals surface area contributed by atoms with Crippen molar-refractivity contribution >= 4 is 23.7 Å². The van der Waals surface area contributed by atoms with E-state index in [4.69, 9.17) is 14.2 Å². The lowest BCUT2D eigenvalue weighted by molar-refractivity contribution is -0.191. The maximum absolute atomic E-state index is 13.8. The number of Topliss-reactive ketones (excluding diaryl/α,β-unsaturated/α-hetero) is 1. The summed E-state index contributed by atoms with van der Waals surface area (Å²) in [7, 11) is 0. The molecule has 0 aromatic carbocycles. The molecule has 174 valence electrons. The topological polar surface area (TPSA) is 116 Å². The Balaban J connectivity index is 1.87. The summed E-state index contributed by atoms with van der Waals surface area (Å²) in [6.07, 6.45) is 0.505. The molecule has 32 heavy (non-hydrogen) atoms. The molecule has 1 saturated carbocycles. The van der Waals surface area contributed by atoms with E-state index in [9.17, 15) is 24.3 Å². The molecule has 1 saturated heterocycles. The fraction of sp³-hybridized carbons (Fsp3) is 0.667. The number of ether oxygens (including phenoxy) is 3. The van der Waals surface area contributed by atoms with Gasteiger partial charge in [0.25, 0.3) is 0 Å². The normalized spacial score (nSPS) is 33.9. The largest absolute Gasteiger partial charge is 0.465 e. The maximum atomic E-state index is 13.8. The Labute approximate surface area is 187 Å². The summed E-state index contributed by atoms with van der Waals surface area (Å²) in [5, 5.41) is 11.5. The number of aliphatic hydroxyl groups excluding tert-OH is 1. The summed E-state index contributed by atoms with van der Waals surface area (Å²) >= 11 is 0. The molecule has 0 amide bonds. The Hall–Kier alpha value is -2.48. The van der Waals surface area contributed by atoms with Crippen LogP contribution in [0.2, 0.25) is 0 Å². The molecule has 2 aliphatic heterocycles. The third-order valence-corrected chi connectivity index (χ3v) is 7.65. The van der Waals surface area contributed by atoms with E-state index in [1.165, 1.54) is 13.8 Å². The molecule has 2 fully saturated rings. The van der Waals surface area contributed by atoms with Crippen LogP contribution in [0.1, 0.15) is 60.3 Å². The minimum Gasteiger partial charge on any atom is -0.465 e. The number of esters is 3. The Morgan fingerprint density at radius 2 is 1.88 bits per heavy atom. The molecule has 5 aliphatic rings.